The van der Waals surface area contributed by atoms with Crippen LogP contribution in [0.3, 0.4) is 0 Å². The van der Waals surface area contributed by atoms with Crippen molar-refractivity contribution < 1.29 is 28.4 Å². The molecule has 0 fully saturated rings. The topological polar surface area (TPSA) is 55.4 Å². The van der Waals surface area contributed by atoms with Gasteiger partial charge in [0.1, 0.15) is 19.7 Å². The van der Waals surface area contributed by atoms with Gasteiger partial charge in [-0.2, -0.15) is 0 Å². The number of methoxy groups -OCH3 is 3. The molecule has 0 saturated carbocycles. The summed E-state index contributed by atoms with van der Waals surface area (Å²) in [6, 6.07) is 0. The average Bonchev–Trinajstić information content (AvgIpc) is 2.31. The molecule has 0 amide bonds. The fraction of sp³-hybridized carbons (Fsp3) is 1.00. The molecule has 6 heteroatoms. The molecule has 6 nitrogen and oxygen atoms in total. The van der Waals surface area contributed by atoms with Crippen molar-refractivity contribution in [1.29, 1.82) is 0 Å². The molecule has 0 aromatic carbocycles. The molecule has 0 rings (SSSR count). The lowest BCUT2D eigenvalue weighted by Crippen LogP contribution is -2.24. The summed E-state index contributed by atoms with van der Waals surface area (Å²) in [5.74, 6) is 0. The van der Waals surface area contributed by atoms with Crippen molar-refractivity contribution >= 4 is 0 Å². The summed E-state index contributed by atoms with van der Waals surface area (Å²) in [5.41, 5.74) is 0. The minimum Gasteiger partial charge on any atom is -0.382 e. The minimum absolute atomic E-state index is 0.0326. The van der Waals surface area contributed by atoms with Gasteiger partial charge in [-0.05, 0) is 0 Å². The molecule has 98 valence electrons. The number of hydrogen-bond donors (Lipinski definition) is 0. The standard InChI is InChI=1S/C10H22O6/c1-11-6-10(13-3)7-14-4-5-15-9-16-8-12-2/h10H,4-9H2,1-3H3. The van der Waals surface area contributed by atoms with Crippen LogP contribution in [0.4, 0.5) is 0 Å². The molecular weight excluding hydrogens is 216 g/mol. The Kier molecular flexibility index (Phi) is 12.6. The van der Waals surface area contributed by atoms with Gasteiger partial charge in [0.15, 0.2) is 0 Å². The molecule has 0 spiro atoms. The zero-order chi connectivity index (χ0) is 12.1. The first kappa shape index (κ1) is 15.8. The smallest absolute Gasteiger partial charge is 0.149 e. The third kappa shape index (κ3) is 10.3. The molecule has 0 aromatic rings. The lowest BCUT2D eigenvalue weighted by atomic mass is 10.4. The maximum Gasteiger partial charge on any atom is 0.149 e. The normalized spacial score (nSPS) is 12.9. The molecule has 0 radical (unpaired) electrons. The summed E-state index contributed by atoms with van der Waals surface area (Å²) in [5, 5.41) is 0. The molecule has 16 heavy (non-hydrogen) atoms. The van der Waals surface area contributed by atoms with Crippen LogP contribution in [0.2, 0.25) is 0 Å². The van der Waals surface area contributed by atoms with Crippen LogP contribution in [0.5, 0.6) is 0 Å². The van der Waals surface area contributed by atoms with E-state index in [1.807, 2.05) is 0 Å². The Bertz CT molecular complexity index is 132. The molecule has 0 aliphatic rings. The molecule has 0 bridgehead atoms. The van der Waals surface area contributed by atoms with E-state index >= 15 is 0 Å². The Morgan fingerprint density at radius 2 is 1.50 bits per heavy atom. The van der Waals surface area contributed by atoms with E-state index in [9.17, 15) is 0 Å². The van der Waals surface area contributed by atoms with Crippen molar-refractivity contribution in [3.8, 4) is 0 Å². The Hall–Kier alpha value is -0.240. The van der Waals surface area contributed by atoms with Gasteiger partial charge in [0, 0.05) is 21.3 Å². The van der Waals surface area contributed by atoms with Crippen molar-refractivity contribution in [2.75, 3.05) is 61.3 Å². The molecule has 0 aliphatic heterocycles. The van der Waals surface area contributed by atoms with E-state index in [1.165, 1.54) is 0 Å². The Labute approximate surface area is 96.7 Å². The first-order valence-corrected chi connectivity index (χ1v) is 5.09. The Morgan fingerprint density at radius 3 is 2.12 bits per heavy atom. The lowest BCUT2D eigenvalue weighted by Gasteiger charge is -2.14. The van der Waals surface area contributed by atoms with Crippen LogP contribution in [0.15, 0.2) is 0 Å². The van der Waals surface area contributed by atoms with Crippen molar-refractivity contribution in [3.05, 3.63) is 0 Å². The second kappa shape index (κ2) is 12.8. The summed E-state index contributed by atoms with van der Waals surface area (Å²) >= 11 is 0. The van der Waals surface area contributed by atoms with Crippen molar-refractivity contribution in [2.24, 2.45) is 0 Å². The van der Waals surface area contributed by atoms with Gasteiger partial charge in [-0.15, -0.1) is 0 Å². The predicted molar refractivity (Wildman–Crippen MR) is 57.3 cm³/mol. The van der Waals surface area contributed by atoms with E-state index in [4.69, 9.17) is 23.7 Å². The van der Waals surface area contributed by atoms with Gasteiger partial charge in [0.05, 0.1) is 26.4 Å². The first-order valence-electron chi connectivity index (χ1n) is 5.09. The van der Waals surface area contributed by atoms with E-state index in [0.717, 1.165) is 0 Å². The first-order chi connectivity index (χ1) is 7.85. The zero-order valence-electron chi connectivity index (χ0n) is 10.3. The van der Waals surface area contributed by atoms with E-state index < -0.39 is 0 Å². The molecule has 1 atom stereocenters. The summed E-state index contributed by atoms with van der Waals surface area (Å²) in [7, 11) is 4.81. The van der Waals surface area contributed by atoms with Gasteiger partial charge in [-0.3, -0.25) is 0 Å². The average molecular weight is 238 g/mol. The molecule has 1 unspecified atom stereocenters. The number of ether oxygens (including phenoxy) is 6. The minimum atomic E-state index is -0.0326. The monoisotopic (exact) mass is 238 g/mol. The summed E-state index contributed by atoms with van der Waals surface area (Å²) in [6.45, 7) is 2.44. The Balaban J connectivity index is 3.12. The summed E-state index contributed by atoms with van der Waals surface area (Å²) in [6.07, 6.45) is -0.0326. The zero-order valence-corrected chi connectivity index (χ0v) is 10.3. The molecule has 0 saturated heterocycles. The number of hydrogen-bond acceptors (Lipinski definition) is 6. The van der Waals surface area contributed by atoms with Crippen molar-refractivity contribution in [2.45, 2.75) is 6.10 Å². The highest BCUT2D eigenvalue weighted by molar-refractivity contribution is 4.52. The van der Waals surface area contributed by atoms with Crippen LogP contribution in [0.25, 0.3) is 0 Å². The van der Waals surface area contributed by atoms with E-state index in [-0.39, 0.29) is 19.7 Å². The second-order valence-corrected chi connectivity index (χ2v) is 3.02. The Morgan fingerprint density at radius 1 is 0.750 bits per heavy atom. The van der Waals surface area contributed by atoms with Gasteiger partial charge in [0.25, 0.3) is 0 Å². The maximum absolute atomic E-state index is 5.33. The van der Waals surface area contributed by atoms with Crippen LogP contribution in [0, 0.1) is 0 Å². The SMILES string of the molecule is COCOCOCCOCC(COC)OC. The molecule has 0 heterocycles. The highest BCUT2D eigenvalue weighted by Gasteiger charge is 2.05. The number of rotatable bonds is 12. The second-order valence-electron chi connectivity index (χ2n) is 3.02. The van der Waals surface area contributed by atoms with Crippen LogP contribution >= 0.6 is 0 Å². The van der Waals surface area contributed by atoms with Gasteiger partial charge >= 0.3 is 0 Å². The van der Waals surface area contributed by atoms with Gasteiger partial charge in [0.2, 0.25) is 0 Å². The fourth-order valence-electron chi connectivity index (χ4n) is 0.938. The quantitative estimate of drug-likeness (QED) is 0.359. The van der Waals surface area contributed by atoms with Gasteiger partial charge in [-0.1, -0.05) is 0 Å². The van der Waals surface area contributed by atoms with Crippen LogP contribution in [0.1, 0.15) is 0 Å². The largest absolute Gasteiger partial charge is 0.382 e. The van der Waals surface area contributed by atoms with Crippen LogP contribution in [-0.4, -0.2) is 67.4 Å². The van der Waals surface area contributed by atoms with E-state index in [2.05, 4.69) is 4.74 Å². The molecule has 0 aromatic heterocycles. The highest BCUT2D eigenvalue weighted by atomic mass is 16.7. The van der Waals surface area contributed by atoms with Gasteiger partial charge in [-0.25, -0.2) is 0 Å². The molecule has 0 aliphatic carbocycles. The highest BCUT2D eigenvalue weighted by Crippen LogP contribution is 1.92. The van der Waals surface area contributed by atoms with Crippen molar-refractivity contribution in [3.63, 3.8) is 0 Å². The fourth-order valence-corrected chi connectivity index (χ4v) is 0.938. The van der Waals surface area contributed by atoms with E-state index in [1.54, 1.807) is 21.3 Å². The van der Waals surface area contributed by atoms with Crippen LogP contribution in [-0.2, 0) is 28.4 Å². The van der Waals surface area contributed by atoms with Gasteiger partial charge < -0.3 is 28.4 Å². The molecule has 0 N–H and O–H groups in total. The third-order valence-electron chi connectivity index (χ3n) is 1.73. The molecular formula is C10H22O6. The predicted octanol–water partition coefficient (Wildman–Crippen LogP) is 0.259. The van der Waals surface area contributed by atoms with Crippen molar-refractivity contribution in [1.82, 2.24) is 0 Å². The van der Waals surface area contributed by atoms with Crippen LogP contribution < -0.4 is 0 Å². The lowest BCUT2D eigenvalue weighted by molar-refractivity contribution is -0.129. The summed E-state index contributed by atoms with van der Waals surface area (Å²) in [4.78, 5) is 0. The van der Waals surface area contributed by atoms with E-state index in [0.29, 0.717) is 26.4 Å². The third-order valence-corrected chi connectivity index (χ3v) is 1.73. The summed E-state index contributed by atoms with van der Waals surface area (Å²) < 4.78 is 30.1. The maximum atomic E-state index is 5.33.